The molecule has 0 N–H and O–H groups in total. The van der Waals surface area contributed by atoms with E-state index in [4.69, 9.17) is 0 Å². The molecule has 0 spiro atoms. The van der Waals surface area contributed by atoms with Crippen LogP contribution in [0.25, 0.3) is 0 Å². The maximum atomic E-state index is 4.56. The second kappa shape index (κ2) is 7.52. The molecule has 2 saturated heterocycles. The molecule has 0 unspecified atom stereocenters. The van der Waals surface area contributed by atoms with Crippen molar-refractivity contribution in [3.8, 4) is 0 Å². The van der Waals surface area contributed by atoms with Crippen LogP contribution >= 0.6 is 0 Å². The zero-order chi connectivity index (χ0) is 17.9. The maximum absolute atomic E-state index is 4.56. The summed E-state index contributed by atoms with van der Waals surface area (Å²) < 4.78 is 0. The summed E-state index contributed by atoms with van der Waals surface area (Å²) in [6, 6.07) is 8.79. The van der Waals surface area contributed by atoms with Gasteiger partial charge in [-0.05, 0) is 50.3 Å². The lowest BCUT2D eigenvalue weighted by Gasteiger charge is -2.38. The number of piperidine rings is 1. The zero-order valence-corrected chi connectivity index (χ0v) is 16.0. The Morgan fingerprint density at radius 3 is 2.04 bits per heavy atom. The molecule has 2 fully saturated rings. The van der Waals surface area contributed by atoms with E-state index in [0.29, 0.717) is 0 Å². The SMILES string of the molecule is Cc1cccc(N2CCN(c3cc(N4CCCCC4)ncn3)CC2)c1C. The van der Waals surface area contributed by atoms with Crippen LogP contribution < -0.4 is 14.7 Å². The smallest absolute Gasteiger partial charge is 0.134 e. The molecule has 4 rings (SSSR count). The number of aromatic nitrogens is 2. The van der Waals surface area contributed by atoms with Gasteiger partial charge < -0.3 is 14.7 Å². The van der Waals surface area contributed by atoms with Gasteiger partial charge in [-0.15, -0.1) is 0 Å². The van der Waals surface area contributed by atoms with E-state index in [1.165, 1.54) is 36.1 Å². The third kappa shape index (κ3) is 3.48. The van der Waals surface area contributed by atoms with Crippen molar-refractivity contribution in [1.82, 2.24) is 9.97 Å². The molecule has 1 aromatic heterocycles. The average Bonchev–Trinajstić information content (AvgIpc) is 2.71. The van der Waals surface area contributed by atoms with Crippen molar-refractivity contribution in [1.29, 1.82) is 0 Å². The quantitative estimate of drug-likeness (QED) is 0.847. The molecule has 3 heterocycles. The van der Waals surface area contributed by atoms with Crippen LogP contribution in [-0.2, 0) is 0 Å². The number of anilines is 3. The normalized spacial score (nSPS) is 18.3. The van der Waals surface area contributed by atoms with Gasteiger partial charge in [-0.2, -0.15) is 0 Å². The monoisotopic (exact) mass is 351 g/mol. The van der Waals surface area contributed by atoms with Crippen molar-refractivity contribution < 1.29 is 0 Å². The number of hydrogen-bond acceptors (Lipinski definition) is 5. The first-order valence-electron chi connectivity index (χ1n) is 9.85. The summed E-state index contributed by atoms with van der Waals surface area (Å²) >= 11 is 0. The second-order valence-electron chi connectivity index (χ2n) is 7.48. The predicted octanol–water partition coefficient (Wildman–Crippen LogP) is 3.41. The highest BCUT2D eigenvalue weighted by Gasteiger charge is 2.21. The summed E-state index contributed by atoms with van der Waals surface area (Å²) in [5, 5.41) is 0. The first kappa shape index (κ1) is 17.1. The van der Waals surface area contributed by atoms with E-state index >= 15 is 0 Å². The lowest BCUT2D eigenvalue weighted by molar-refractivity contribution is 0.572. The van der Waals surface area contributed by atoms with Crippen molar-refractivity contribution in [2.75, 3.05) is 54.0 Å². The summed E-state index contributed by atoms with van der Waals surface area (Å²) in [6.07, 6.45) is 5.62. The van der Waals surface area contributed by atoms with Crippen LogP contribution in [0.2, 0.25) is 0 Å². The molecule has 2 aliphatic heterocycles. The molecule has 138 valence electrons. The minimum absolute atomic E-state index is 1.00. The van der Waals surface area contributed by atoms with Gasteiger partial charge in [-0.1, -0.05) is 12.1 Å². The molecule has 0 radical (unpaired) electrons. The number of rotatable bonds is 3. The van der Waals surface area contributed by atoms with Crippen LogP contribution in [0, 0.1) is 13.8 Å². The molecule has 0 bridgehead atoms. The first-order chi connectivity index (χ1) is 12.7. The van der Waals surface area contributed by atoms with Crippen LogP contribution in [0.5, 0.6) is 0 Å². The lowest BCUT2D eigenvalue weighted by Crippen LogP contribution is -2.47. The molecular weight excluding hydrogens is 322 g/mol. The summed E-state index contributed by atoms with van der Waals surface area (Å²) in [7, 11) is 0. The molecule has 5 heteroatoms. The fraction of sp³-hybridized carbons (Fsp3) is 0.524. The number of piperazine rings is 1. The number of benzene rings is 1. The van der Waals surface area contributed by atoms with E-state index < -0.39 is 0 Å². The van der Waals surface area contributed by atoms with E-state index in [-0.39, 0.29) is 0 Å². The van der Waals surface area contributed by atoms with Gasteiger partial charge in [-0.3, -0.25) is 0 Å². The van der Waals surface area contributed by atoms with Crippen molar-refractivity contribution in [3.63, 3.8) is 0 Å². The van der Waals surface area contributed by atoms with E-state index in [2.05, 4.69) is 62.8 Å². The number of aryl methyl sites for hydroxylation is 1. The molecule has 5 nitrogen and oxygen atoms in total. The number of hydrogen-bond donors (Lipinski definition) is 0. The summed E-state index contributed by atoms with van der Waals surface area (Å²) in [4.78, 5) is 16.4. The fourth-order valence-electron chi connectivity index (χ4n) is 4.06. The average molecular weight is 351 g/mol. The van der Waals surface area contributed by atoms with Crippen LogP contribution in [0.15, 0.2) is 30.6 Å². The maximum Gasteiger partial charge on any atom is 0.134 e. The van der Waals surface area contributed by atoms with Crippen molar-refractivity contribution in [2.24, 2.45) is 0 Å². The van der Waals surface area contributed by atoms with Crippen LogP contribution in [-0.4, -0.2) is 49.2 Å². The van der Waals surface area contributed by atoms with Gasteiger partial charge in [0.1, 0.15) is 18.0 Å². The Bertz CT molecular complexity index is 746. The van der Waals surface area contributed by atoms with Crippen molar-refractivity contribution >= 4 is 17.3 Å². The van der Waals surface area contributed by atoms with E-state index in [1.807, 2.05) is 0 Å². The van der Waals surface area contributed by atoms with E-state index in [1.54, 1.807) is 6.33 Å². The van der Waals surface area contributed by atoms with Crippen LogP contribution in [0.1, 0.15) is 30.4 Å². The Morgan fingerprint density at radius 1 is 0.731 bits per heavy atom. The molecular formula is C21H29N5. The van der Waals surface area contributed by atoms with Gasteiger partial charge in [0.15, 0.2) is 0 Å². The van der Waals surface area contributed by atoms with Crippen LogP contribution in [0.3, 0.4) is 0 Å². The summed E-state index contributed by atoms with van der Waals surface area (Å²) in [5.74, 6) is 2.16. The minimum atomic E-state index is 1.00. The molecule has 1 aromatic carbocycles. The Balaban J connectivity index is 1.44. The Kier molecular flexibility index (Phi) is 4.96. The second-order valence-corrected chi connectivity index (χ2v) is 7.48. The summed E-state index contributed by atoms with van der Waals surface area (Å²) in [6.45, 7) is 10.7. The zero-order valence-electron chi connectivity index (χ0n) is 16.0. The molecule has 2 aromatic rings. The van der Waals surface area contributed by atoms with Gasteiger partial charge in [0.05, 0.1) is 0 Å². The van der Waals surface area contributed by atoms with Gasteiger partial charge in [-0.25, -0.2) is 9.97 Å². The molecule has 0 amide bonds. The largest absolute Gasteiger partial charge is 0.368 e. The highest BCUT2D eigenvalue weighted by Crippen LogP contribution is 2.26. The van der Waals surface area contributed by atoms with Gasteiger partial charge >= 0.3 is 0 Å². The third-order valence-corrected chi connectivity index (χ3v) is 5.84. The van der Waals surface area contributed by atoms with Crippen molar-refractivity contribution in [3.05, 3.63) is 41.7 Å². The molecule has 0 saturated carbocycles. The molecule has 26 heavy (non-hydrogen) atoms. The molecule has 0 aliphatic carbocycles. The highest BCUT2D eigenvalue weighted by atomic mass is 15.3. The number of nitrogens with zero attached hydrogens (tertiary/aromatic N) is 5. The fourth-order valence-corrected chi connectivity index (χ4v) is 4.06. The minimum Gasteiger partial charge on any atom is -0.368 e. The molecule has 0 atom stereocenters. The van der Waals surface area contributed by atoms with E-state index in [0.717, 1.165) is 50.9 Å². The predicted molar refractivity (Wildman–Crippen MR) is 108 cm³/mol. The Morgan fingerprint density at radius 2 is 1.35 bits per heavy atom. The Labute approximate surface area is 156 Å². The first-order valence-corrected chi connectivity index (χ1v) is 9.85. The third-order valence-electron chi connectivity index (χ3n) is 5.84. The van der Waals surface area contributed by atoms with Gasteiger partial charge in [0, 0.05) is 51.0 Å². The highest BCUT2D eigenvalue weighted by molar-refractivity contribution is 5.58. The standard InChI is InChI=1S/C21H29N5/c1-17-7-6-8-19(18(17)2)24-11-13-26(14-12-24)21-15-20(22-16-23-21)25-9-4-3-5-10-25/h6-8,15-16H,3-5,9-14H2,1-2H3. The van der Waals surface area contributed by atoms with Gasteiger partial charge in [0.25, 0.3) is 0 Å². The molecule has 2 aliphatic rings. The van der Waals surface area contributed by atoms with Crippen LogP contribution in [0.4, 0.5) is 17.3 Å². The topological polar surface area (TPSA) is 35.5 Å². The lowest BCUT2D eigenvalue weighted by atomic mass is 10.1. The summed E-state index contributed by atoms with van der Waals surface area (Å²) in [5.41, 5.74) is 4.14. The van der Waals surface area contributed by atoms with Gasteiger partial charge in [0.2, 0.25) is 0 Å². The van der Waals surface area contributed by atoms with E-state index in [9.17, 15) is 0 Å². The Hall–Kier alpha value is -2.30. The van der Waals surface area contributed by atoms with Crippen molar-refractivity contribution in [2.45, 2.75) is 33.1 Å².